The molecule has 2 heterocycles. The number of aryl methyl sites for hydroxylation is 1. The molecular formula is C74H48N2. The maximum Gasteiger partial charge on any atom is 0.0571 e. The van der Waals surface area contributed by atoms with Crippen LogP contribution in [0.4, 0.5) is 0 Å². The first-order valence-electron chi connectivity index (χ1n) is 26.6. The molecule has 0 atom stereocenters. The maximum absolute atomic E-state index is 3.89. The van der Waals surface area contributed by atoms with Gasteiger partial charge in [-0.3, -0.25) is 0 Å². The van der Waals surface area contributed by atoms with Crippen molar-refractivity contribution in [2.45, 2.75) is 13.5 Å². The van der Waals surface area contributed by atoms with Gasteiger partial charge in [-0.25, -0.2) is 0 Å². The predicted octanol–water partition coefficient (Wildman–Crippen LogP) is 20.7. The molecule has 0 bridgehead atoms. The van der Waals surface area contributed by atoms with E-state index in [0.717, 1.165) is 17.6 Å². The molecule has 0 saturated carbocycles. The molecule has 0 aliphatic rings. The minimum Gasteiger partial charge on any atom is -0.354 e. The predicted molar refractivity (Wildman–Crippen MR) is 327 cm³/mol. The molecule has 354 valence electrons. The van der Waals surface area contributed by atoms with Crippen LogP contribution in [0.5, 0.6) is 0 Å². The van der Waals surface area contributed by atoms with Crippen LogP contribution in [0.15, 0.2) is 255 Å². The second-order valence-corrected chi connectivity index (χ2v) is 20.6. The molecule has 2 aromatic heterocycles. The van der Waals surface area contributed by atoms with Crippen LogP contribution in [0.2, 0.25) is 0 Å². The lowest BCUT2D eigenvalue weighted by atomic mass is 9.81. The van der Waals surface area contributed by atoms with Gasteiger partial charge < -0.3 is 9.55 Å². The van der Waals surface area contributed by atoms with Crippen LogP contribution in [0.3, 0.4) is 0 Å². The average molecular weight is 965 g/mol. The number of H-pyrrole nitrogens is 1. The van der Waals surface area contributed by atoms with E-state index in [1.165, 1.54) is 153 Å². The summed E-state index contributed by atoms with van der Waals surface area (Å²) < 4.78 is 2.52. The molecular weight excluding hydrogens is 917 g/mol. The van der Waals surface area contributed by atoms with Gasteiger partial charge in [0, 0.05) is 50.2 Å². The fraction of sp³-hybridized carbons (Fsp3) is 0.0270. The second kappa shape index (κ2) is 16.6. The lowest BCUT2D eigenvalue weighted by Crippen LogP contribution is -1.96. The van der Waals surface area contributed by atoms with Gasteiger partial charge in [0.05, 0.1) is 11.0 Å². The van der Waals surface area contributed by atoms with E-state index >= 15 is 0 Å². The number of benzene rings is 14. The molecule has 0 fully saturated rings. The Morgan fingerprint density at radius 2 is 0.711 bits per heavy atom. The van der Waals surface area contributed by atoms with Gasteiger partial charge >= 0.3 is 0 Å². The number of hydrogen-bond acceptors (Lipinski definition) is 0. The van der Waals surface area contributed by atoms with Crippen molar-refractivity contribution >= 4 is 108 Å². The number of aromatic amines is 1. The zero-order valence-corrected chi connectivity index (χ0v) is 41.9. The maximum atomic E-state index is 3.89. The van der Waals surface area contributed by atoms with Crippen molar-refractivity contribution in [3.8, 4) is 55.6 Å². The smallest absolute Gasteiger partial charge is 0.0571 e. The third-order valence-corrected chi connectivity index (χ3v) is 16.7. The van der Waals surface area contributed by atoms with E-state index in [0.29, 0.717) is 0 Å². The first kappa shape index (κ1) is 42.7. The van der Waals surface area contributed by atoms with Crippen LogP contribution in [0.1, 0.15) is 6.92 Å². The van der Waals surface area contributed by atoms with Crippen molar-refractivity contribution in [3.05, 3.63) is 255 Å². The van der Waals surface area contributed by atoms with Gasteiger partial charge in [0.1, 0.15) is 0 Å². The van der Waals surface area contributed by atoms with Gasteiger partial charge in [0.25, 0.3) is 0 Å². The van der Waals surface area contributed by atoms with E-state index in [9.17, 15) is 0 Å². The Morgan fingerprint density at radius 3 is 1.29 bits per heavy atom. The second-order valence-electron chi connectivity index (χ2n) is 20.6. The van der Waals surface area contributed by atoms with Gasteiger partial charge in [-0.1, -0.05) is 218 Å². The molecule has 0 amide bonds. The highest BCUT2D eigenvalue weighted by Crippen LogP contribution is 2.51. The van der Waals surface area contributed by atoms with Crippen LogP contribution in [-0.2, 0) is 6.54 Å². The highest BCUT2D eigenvalue weighted by Gasteiger charge is 2.24. The summed E-state index contributed by atoms with van der Waals surface area (Å²) >= 11 is 0. The molecule has 0 unspecified atom stereocenters. The average Bonchev–Trinajstić information content (AvgIpc) is 4.10. The first-order chi connectivity index (χ1) is 37.7. The Balaban J connectivity index is 1.08. The van der Waals surface area contributed by atoms with Gasteiger partial charge in [-0.2, -0.15) is 0 Å². The molecule has 14 aromatic carbocycles. The number of hydrogen-bond donors (Lipinski definition) is 1. The molecule has 0 radical (unpaired) electrons. The highest BCUT2D eigenvalue weighted by atomic mass is 15.0. The van der Waals surface area contributed by atoms with Crippen molar-refractivity contribution in [1.29, 1.82) is 0 Å². The van der Waals surface area contributed by atoms with Gasteiger partial charge in [0.15, 0.2) is 0 Å². The normalized spacial score (nSPS) is 12.1. The zero-order valence-electron chi connectivity index (χ0n) is 41.9. The van der Waals surface area contributed by atoms with E-state index in [1.54, 1.807) is 0 Å². The monoisotopic (exact) mass is 964 g/mol. The molecule has 0 spiro atoms. The molecule has 2 nitrogen and oxygen atoms in total. The lowest BCUT2D eigenvalue weighted by molar-refractivity contribution is 0.828. The number of fused-ring (bicyclic) bond motifs is 12. The summed E-state index contributed by atoms with van der Waals surface area (Å²) in [5, 5.41) is 19.8. The Hall–Kier alpha value is -9.76. The van der Waals surface area contributed by atoms with Crippen LogP contribution in [0.25, 0.3) is 164 Å². The van der Waals surface area contributed by atoms with E-state index in [4.69, 9.17) is 0 Å². The fourth-order valence-corrected chi connectivity index (χ4v) is 13.3. The van der Waals surface area contributed by atoms with Crippen LogP contribution >= 0.6 is 0 Å². The van der Waals surface area contributed by atoms with E-state index in [2.05, 4.69) is 271 Å². The molecule has 2 heteroatoms. The van der Waals surface area contributed by atoms with E-state index in [-0.39, 0.29) is 0 Å². The molecule has 1 N–H and O–H groups in total. The van der Waals surface area contributed by atoms with Crippen LogP contribution in [0, 0.1) is 0 Å². The Kier molecular flexibility index (Phi) is 9.35. The van der Waals surface area contributed by atoms with Crippen molar-refractivity contribution in [3.63, 3.8) is 0 Å². The quantitative estimate of drug-likeness (QED) is 0.160. The highest BCUT2D eigenvalue weighted by molar-refractivity contribution is 6.29. The fourth-order valence-electron chi connectivity index (χ4n) is 13.3. The lowest BCUT2D eigenvalue weighted by Gasteiger charge is -2.22. The summed E-state index contributed by atoms with van der Waals surface area (Å²) in [7, 11) is 0. The molecule has 0 aliphatic carbocycles. The number of aromatic nitrogens is 2. The number of rotatable bonds is 6. The minimum absolute atomic E-state index is 0.861. The van der Waals surface area contributed by atoms with Crippen LogP contribution in [-0.4, -0.2) is 9.55 Å². The summed E-state index contributed by atoms with van der Waals surface area (Å²) in [5.41, 5.74) is 17.0. The summed E-state index contributed by atoms with van der Waals surface area (Å²) in [6.45, 7) is 3.14. The SMILES string of the molecule is CCn1c2ccccc2c2cccc(-c3cccc4c(-c5c6cccc(-c7ccc8ccccc8c7)c6cc6c(-c7ccc8ccccc8c7)cccc56)c5cccc(-c6cccc7c6[nH]c6ccccc67)c5cc34)c21. The standard InChI is InChI=1S/C74H48N2/c1-2-76-70-36-10-8-22-56(70)64-34-16-33-63(74(64)76)54-26-14-30-60-68(54)44-67-53(61-31-15-32-62-55-21-7-9-35-69(55)75-73(61)62)25-13-29-59(67)72(60)71-57-27-11-23-51(49-39-37-45-17-3-5-19-47(45)41-49)65(57)43-66-52(24-12-28-58(66)71)50-40-38-46-18-4-6-20-48(46)42-50/h3-44,75H,2H2,1H3. The number of nitrogens with zero attached hydrogens (tertiary/aromatic N) is 1. The summed E-state index contributed by atoms with van der Waals surface area (Å²) in [6.07, 6.45) is 0. The third-order valence-electron chi connectivity index (χ3n) is 16.7. The summed E-state index contributed by atoms with van der Waals surface area (Å²) in [5.74, 6) is 0. The molecule has 16 aromatic rings. The van der Waals surface area contributed by atoms with Crippen molar-refractivity contribution < 1.29 is 0 Å². The van der Waals surface area contributed by atoms with E-state index < -0.39 is 0 Å². The van der Waals surface area contributed by atoms with Crippen LogP contribution < -0.4 is 0 Å². The topological polar surface area (TPSA) is 20.7 Å². The number of para-hydroxylation sites is 4. The third kappa shape index (κ3) is 6.28. The summed E-state index contributed by atoms with van der Waals surface area (Å²) in [4.78, 5) is 3.89. The van der Waals surface area contributed by atoms with Gasteiger partial charge in [0.2, 0.25) is 0 Å². The summed E-state index contributed by atoms with van der Waals surface area (Å²) in [6, 6.07) is 95.7. The molecule has 16 rings (SSSR count). The first-order valence-corrected chi connectivity index (χ1v) is 26.6. The van der Waals surface area contributed by atoms with Crippen molar-refractivity contribution in [2.24, 2.45) is 0 Å². The molecule has 76 heavy (non-hydrogen) atoms. The zero-order chi connectivity index (χ0) is 50.0. The minimum atomic E-state index is 0.861. The van der Waals surface area contributed by atoms with Gasteiger partial charge in [-0.05, 0) is 152 Å². The Labute approximate surface area is 439 Å². The Morgan fingerprint density at radius 1 is 0.289 bits per heavy atom. The largest absolute Gasteiger partial charge is 0.354 e. The van der Waals surface area contributed by atoms with Gasteiger partial charge in [-0.15, -0.1) is 0 Å². The Bertz CT molecular complexity index is 4970. The molecule has 0 aliphatic heterocycles. The van der Waals surface area contributed by atoms with Crippen molar-refractivity contribution in [1.82, 2.24) is 9.55 Å². The van der Waals surface area contributed by atoms with Crippen molar-refractivity contribution in [2.75, 3.05) is 0 Å². The van der Waals surface area contributed by atoms with E-state index in [1.807, 2.05) is 0 Å². The molecule has 0 saturated heterocycles. The number of nitrogens with one attached hydrogen (secondary N) is 1.